The van der Waals surface area contributed by atoms with E-state index >= 15 is 0 Å². The van der Waals surface area contributed by atoms with Crippen LogP contribution in [0.2, 0.25) is 0 Å². The molecule has 2 N–H and O–H groups in total. The quantitative estimate of drug-likeness (QED) is 0.808. The van der Waals surface area contributed by atoms with Crippen LogP contribution >= 0.6 is 0 Å². The average molecular weight is 317 g/mol. The van der Waals surface area contributed by atoms with Gasteiger partial charge in [-0.25, -0.2) is 4.52 Å². The number of fused-ring (bicyclic) bond motifs is 1. The summed E-state index contributed by atoms with van der Waals surface area (Å²) in [5.74, 6) is -0.313. The molecule has 3 heterocycles. The monoisotopic (exact) mass is 317 g/mol. The lowest BCUT2D eigenvalue weighted by molar-refractivity contribution is -0.119. The van der Waals surface area contributed by atoms with Crippen LogP contribution < -0.4 is 5.73 Å². The Labute approximate surface area is 135 Å². The third-order valence-electron chi connectivity index (χ3n) is 4.06. The van der Waals surface area contributed by atoms with E-state index in [2.05, 4.69) is 16.1 Å². The minimum Gasteiger partial charge on any atom is -0.374 e. The van der Waals surface area contributed by atoms with E-state index in [1.165, 1.54) is 5.56 Å². The van der Waals surface area contributed by atoms with E-state index in [1.54, 1.807) is 0 Å². The van der Waals surface area contributed by atoms with Crippen LogP contribution in [0.4, 0.5) is 0 Å². The number of nitrogens with zero attached hydrogens (tertiary/aromatic N) is 4. The maximum absolute atomic E-state index is 11.0. The molecule has 1 atom stereocenters. The number of rotatable bonds is 6. The van der Waals surface area contributed by atoms with Crippen LogP contribution in [0.5, 0.6) is 0 Å². The molecule has 2 aromatic heterocycles. The van der Waals surface area contributed by atoms with Crippen LogP contribution in [-0.2, 0) is 16.1 Å². The summed E-state index contributed by atoms with van der Waals surface area (Å²) in [7, 11) is 1.89. The van der Waals surface area contributed by atoms with E-state index < -0.39 is 0 Å². The van der Waals surface area contributed by atoms with Gasteiger partial charge in [0.05, 0.1) is 31.0 Å². The molecule has 3 rings (SSSR count). The van der Waals surface area contributed by atoms with E-state index in [9.17, 15) is 4.79 Å². The number of amides is 1. The Kier molecular flexibility index (Phi) is 4.90. The summed E-state index contributed by atoms with van der Waals surface area (Å²) in [5, 5.41) is 4.38. The number of pyridine rings is 1. The number of carbonyl (C=O) groups is 1. The van der Waals surface area contributed by atoms with Crippen molar-refractivity contribution < 1.29 is 9.53 Å². The smallest absolute Gasteiger partial charge is 0.231 e. The molecule has 0 saturated carbocycles. The predicted octanol–water partition coefficient (Wildman–Crippen LogP) is -0.0478. The van der Waals surface area contributed by atoms with Gasteiger partial charge in [0.25, 0.3) is 0 Å². The molecular formula is C16H23N5O2. The van der Waals surface area contributed by atoms with Gasteiger partial charge in [-0.05, 0) is 19.2 Å². The first-order chi connectivity index (χ1) is 11.1. The summed E-state index contributed by atoms with van der Waals surface area (Å²) < 4.78 is 7.71. The Morgan fingerprint density at radius 3 is 3.22 bits per heavy atom. The second-order valence-corrected chi connectivity index (χ2v) is 6.09. The summed E-state index contributed by atoms with van der Waals surface area (Å²) in [5.41, 5.74) is 7.59. The molecule has 0 spiro atoms. The molecular weight excluding hydrogens is 294 g/mol. The zero-order valence-electron chi connectivity index (χ0n) is 13.4. The van der Waals surface area contributed by atoms with E-state index in [1.807, 2.05) is 41.0 Å². The van der Waals surface area contributed by atoms with Crippen molar-refractivity contribution in [2.45, 2.75) is 12.6 Å². The molecule has 23 heavy (non-hydrogen) atoms. The first kappa shape index (κ1) is 15.9. The lowest BCUT2D eigenvalue weighted by Gasteiger charge is -2.34. The van der Waals surface area contributed by atoms with Crippen LogP contribution in [0.1, 0.15) is 5.56 Å². The highest BCUT2D eigenvalue weighted by Crippen LogP contribution is 2.15. The highest BCUT2D eigenvalue weighted by molar-refractivity contribution is 5.75. The summed E-state index contributed by atoms with van der Waals surface area (Å²) in [6.07, 6.45) is 3.98. The molecule has 1 aliphatic heterocycles. The lowest BCUT2D eigenvalue weighted by Crippen LogP contribution is -2.47. The van der Waals surface area contributed by atoms with Gasteiger partial charge < -0.3 is 10.5 Å². The van der Waals surface area contributed by atoms with Gasteiger partial charge >= 0.3 is 0 Å². The Hall–Kier alpha value is -1.96. The number of likely N-dealkylation sites (N-methyl/N-ethyl adjacent to an activating group) is 1. The predicted molar refractivity (Wildman–Crippen MR) is 86.9 cm³/mol. The average Bonchev–Trinajstić information content (AvgIpc) is 2.90. The molecule has 2 aromatic rings. The van der Waals surface area contributed by atoms with Gasteiger partial charge in [0.15, 0.2) is 0 Å². The first-order valence-electron chi connectivity index (χ1n) is 7.84. The van der Waals surface area contributed by atoms with Gasteiger partial charge in [-0.3, -0.25) is 14.6 Å². The Balaban J connectivity index is 1.59. The zero-order chi connectivity index (χ0) is 16.2. The fourth-order valence-electron chi connectivity index (χ4n) is 3.06. The minimum absolute atomic E-state index is 0.0925. The number of aromatic nitrogens is 2. The standard InChI is InChI=1S/C16H23N5O2/c1-19(12-16(17)22)10-14-11-20(6-7-23-14)9-13-8-18-21-5-3-2-4-15(13)21/h2-5,8,14H,6-7,9-12H2,1H3,(H2,17,22)/t14-/m1/s1. The molecule has 1 amide bonds. The normalized spacial score (nSPS) is 19.5. The molecule has 0 radical (unpaired) electrons. The van der Waals surface area contributed by atoms with E-state index in [4.69, 9.17) is 10.5 Å². The summed E-state index contributed by atoms with van der Waals surface area (Å²) in [4.78, 5) is 15.3. The van der Waals surface area contributed by atoms with Gasteiger partial charge in [-0.2, -0.15) is 5.10 Å². The number of ether oxygens (including phenoxy) is 1. The molecule has 0 unspecified atom stereocenters. The maximum Gasteiger partial charge on any atom is 0.231 e. The Morgan fingerprint density at radius 2 is 2.39 bits per heavy atom. The molecule has 7 heteroatoms. The largest absolute Gasteiger partial charge is 0.374 e. The van der Waals surface area contributed by atoms with Crippen molar-refractivity contribution in [1.82, 2.24) is 19.4 Å². The Bertz CT molecular complexity index is 671. The van der Waals surface area contributed by atoms with E-state index in [-0.39, 0.29) is 18.6 Å². The van der Waals surface area contributed by atoms with Gasteiger partial charge in [-0.1, -0.05) is 6.07 Å². The van der Waals surface area contributed by atoms with Crippen LogP contribution in [0.25, 0.3) is 5.52 Å². The molecule has 7 nitrogen and oxygen atoms in total. The van der Waals surface area contributed by atoms with Crippen LogP contribution in [-0.4, -0.2) is 71.3 Å². The van der Waals surface area contributed by atoms with Crippen molar-refractivity contribution in [3.63, 3.8) is 0 Å². The van der Waals surface area contributed by atoms with Gasteiger partial charge in [0, 0.05) is 37.9 Å². The maximum atomic E-state index is 11.0. The highest BCUT2D eigenvalue weighted by atomic mass is 16.5. The number of carbonyl (C=O) groups excluding carboxylic acids is 1. The highest BCUT2D eigenvalue weighted by Gasteiger charge is 2.23. The van der Waals surface area contributed by atoms with Crippen molar-refractivity contribution in [2.24, 2.45) is 5.73 Å². The number of nitrogens with two attached hydrogens (primary N) is 1. The van der Waals surface area contributed by atoms with E-state index in [0.29, 0.717) is 13.2 Å². The van der Waals surface area contributed by atoms with Gasteiger partial charge in [0.2, 0.25) is 5.91 Å². The summed E-state index contributed by atoms with van der Waals surface area (Å²) >= 11 is 0. The van der Waals surface area contributed by atoms with Gasteiger partial charge in [-0.15, -0.1) is 0 Å². The van der Waals surface area contributed by atoms with Crippen LogP contribution in [0.15, 0.2) is 30.6 Å². The molecule has 1 aliphatic rings. The third kappa shape index (κ3) is 4.07. The number of primary amides is 1. The summed E-state index contributed by atoms with van der Waals surface area (Å²) in [6.45, 7) is 4.26. The number of hydrogen-bond acceptors (Lipinski definition) is 5. The fourth-order valence-corrected chi connectivity index (χ4v) is 3.06. The SMILES string of the molecule is CN(CC(N)=O)C[C@@H]1CN(Cc2cnn3ccccc23)CCO1. The van der Waals surface area contributed by atoms with Crippen LogP contribution in [0, 0.1) is 0 Å². The van der Waals surface area contributed by atoms with E-state index in [0.717, 1.165) is 25.2 Å². The van der Waals surface area contributed by atoms with Crippen molar-refractivity contribution in [1.29, 1.82) is 0 Å². The number of hydrogen-bond donors (Lipinski definition) is 1. The van der Waals surface area contributed by atoms with Crippen LogP contribution in [0.3, 0.4) is 0 Å². The fraction of sp³-hybridized carbons (Fsp3) is 0.500. The first-order valence-corrected chi connectivity index (χ1v) is 7.84. The molecule has 0 aromatic carbocycles. The van der Waals surface area contributed by atoms with Crippen molar-refractivity contribution in [3.05, 3.63) is 36.2 Å². The van der Waals surface area contributed by atoms with Crippen molar-refractivity contribution in [3.8, 4) is 0 Å². The second kappa shape index (κ2) is 7.08. The Morgan fingerprint density at radius 1 is 1.52 bits per heavy atom. The molecule has 1 fully saturated rings. The molecule has 124 valence electrons. The molecule has 1 saturated heterocycles. The van der Waals surface area contributed by atoms with Gasteiger partial charge in [0.1, 0.15) is 0 Å². The second-order valence-electron chi connectivity index (χ2n) is 6.09. The molecule has 0 aliphatic carbocycles. The van der Waals surface area contributed by atoms with Crippen molar-refractivity contribution >= 4 is 11.4 Å². The molecule has 0 bridgehead atoms. The summed E-state index contributed by atoms with van der Waals surface area (Å²) in [6, 6.07) is 6.09. The topological polar surface area (TPSA) is 76.1 Å². The third-order valence-corrected chi connectivity index (χ3v) is 4.06. The zero-order valence-corrected chi connectivity index (χ0v) is 13.4. The number of morpholine rings is 1. The lowest BCUT2D eigenvalue weighted by atomic mass is 10.2. The minimum atomic E-state index is -0.313. The van der Waals surface area contributed by atoms with Crippen molar-refractivity contribution in [2.75, 3.05) is 39.8 Å².